The Labute approximate surface area is 118 Å². The normalized spacial score (nSPS) is 10.4. The summed E-state index contributed by atoms with van der Waals surface area (Å²) >= 11 is 15.4. The van der Waals surface area contributed by atoms with Crippen molar-refractivity contribution in [3.8, 4) is 0 Å². The van der Waals surface area contributed by atoms with Crippen LogP contribution in [0.25, 0.3) is 0 Å². The van der Waals surface area contributed by atoms with E-state index in [-0.39, 0.29) is 0 Å². The number of nitrogens with zero attached hydrogens (tertiary/aromatic N) is 1. The second kappa shape index (κ2) is 5.25. The molecular formula is C12H9BrCl2N2. The smallest absolute Gasteiger partial charge is 0.133 e. The van der Waals surface area contributed by atoms with Gasteiger partial charge >= 0.3 is 0 Å². The van der Waals surface area contributed by atoms with Gasteiger partial charge in [-0.2, -0.15) is 0 Å². The largest absolute Gasteiger partial charge is 0.339 e. The molecule has 0 unspecified atom stereocenters. The zero-order chi connectivity index (χ0) is 12.4. The lowest BCUT2D eigenvalue weighted by molar-refractivity contribution is 1.24. The SMILES string of the molecule is Cc1cc(Br)cnc1Nc1cc(Cl)ccc1Cl. The number of aromatic nitrogens is 1. The molecule has 0 aliphatic heterocycles. The van der Waals surface area contributed by atoms with Crippen molar-refractivity contribution < 1.29 is 0 Å². The molecule has 1 heterocycles. The fourth-order valence-corrected chi connectivity index (χ4v) is 2.17. The second-order valence-corrected chi connectivity index (χ2v) is 5.33. The van der Waals surface area contributed by atoms with Crippen molar-refractivity contribution in [1.82, 2.24) is 4.98 Å². The standard InChI is InChI=1S/C12H9BrCl2N2/c1-7-4-8(13)6-16-12(7)17-11-5-9(14)2-3-10(11)15/h2-6H,1H3,(H,16,17). The number of pyridine rings is 1. The van der Waals surface area contributed by atoms with E-state index < -0.39 is 0 Å². The summed E-state index contributed by atoms with van der Waals surface area (Å²) < 4.78 is 0.942. The van der Waals surface area contributed by atoms with E-state index in [1.165, 1.54) is 0 Å². The predicted octanol–water partition coefficient (Wildman–Crippen LogP) is 5.20. The van der Waals surface area contributed by atoms with Crippen LogP contribution in [0, 0.1) is 6.92 Å². The molecule has 2 aromatic rings. The lowest BCUT2D eigenvalue weighted by Crippen LogP contribution is -1.96. The quantitative estimate of drug-likeness (QED) is 0.817. The Hall–Kier alpha value is -0.770. The number of hydrogen-bond acceptors (Lipinski definition) is 2. The lowest BCUT2D eigenvalue weighted by Gasteiger charge is -2.10. The maximum atomic E-state index is 6.07. The fraction of sp³-hybridized carbons (Fsp3) is 0.0833. The van der Waals surface area contributed by atoms with Crippen molar-refractivity contribution in [3.05, 3.63) is 50.5 Å². The van der Waals surface area contributed by atoms with E-state index in [0.717, 1.165) is 21.5 Å². The first kappa shape index (κ1) is 12.7. The third kappa shape index (κ3) is 3.12. The molecule has 0 atom stereocenters. The van der Waals surface area contributed by atoms with Gasteiger partial charge < -0.3 is 5.32 Å². The molecule has 0 saturated heterocycles. The van der Waals surface area contributed by atoms with Crippen molar-refractivity contribution in [2.75, 3.05) is 5.32 Å². The first-order chi connectivity index (χ1) is 8.06. The molecule has 5 heteroatoms. The Morgan fingerprint density at radius 3 is 2.71 bits per heavy atom. The molecule has 0 saturated carbocycles. The Morgan fingerprint density at radius 1 is 1.24 bits per heavy atom. The molecule has 2 rings (SSSR count). The van der Waals surface area contributed by atoms with Crippen LogP contribution < -0.4 is 5.32 Å². The molecule has 1 aromatic carbocycles. The number of halogens is 3. The highest BCUT2D eigenvalue weighted by Gasteiger charge is 2.05. The number of rotatable bonds is 2. The zero-order valence-corrected chi connectivity index (χ0v) is 12.1. The molecule has 0 amide bonds. The van der Waals surface area contributed by atoms with Gasteiger partial charge in [-0.15, -0.1) is 0 Å². The molecular weight excluding hydrogens is 323 g/mol. The van der Waals surface area contributed by atoms with Gasteiger partial charge in [0.25, 0.3) is 0 Å². The second-order valence-electron chi connectivity index (χ2n) is 3.57. The van der Waals surface area contributed by atoms with Gasteiger partial charge in [-0.25, -0.2) is 4.98 Å². The van der Waals surface area contributed by atoms with Crippen LogP contribution in [-0.4, -0.2) is 4.98 Å². The molecule has 88 valence electrons. The van der Waals surface area contributed by atoms with E-state index in [1.807, 2.05) is 13.0 Å². The van der Waals surface area contributed by atoms with Crippen molar-refractivity contribution in [2.24, 2.45) is 0 Å². The predicted molar refractivity (Wildman–Crippen MR) is 76.4 cm³/mol. The molecule has 1 N–H and O–H groups in total. The van der Waals surface area contributed by atoms with Crippen LogP contribution in [0.2, 0.25) is 10.0 Å². The van der Waals surface area contributed by atoms with Crippen molar-refractivity contribution >= 4 is 50.6 Å². The average Bonchev–Trinajstić information content (AvgIpc) is 2.27. The summed E-state index contributed by atoms with van der Waals surface area (Å²) in [5, 5.41) is 4.40. The summed E-state index contributed by atoms with van der Waals surface area (Å²) in [4.78, 5) is 4.28. The van der Waals surface area contributed by atoms with Crippen LogP contribution in [0.4, 0.5) is 11.5 Å². The first-order valence-electron chi connectivity index (χ1n) is 4.90. The van der Waals surface area contributed by atoms with Crippen LogP contribution in [0.15, 0.2) is 34.9 Å². The van der Waals surface area contributed by atoms with Gasteiger partial charge in [0.2, 0.25) is 0 Å². The monoisotopic (exact) mass is 330 g/mol. The van der Waals surface area contributed by atoms with Crippen LogP contribution in [0.5, 0.6) is 0 Å². The average molecular weight is 332 g/mol. The summed E-state index contributed by atoms with van der Waals surface area (Å²) in [5.74, 6) is 0.761. The minimum Gasteiger partial charge on any atom is -0.339 e. The van der Waals surface area contributed by atoms with E-state index in [4.69, 9.17) is 23.2 Å². The summed E-state index contributed by atoms with van der Waals surface area (Å²) in [5.41, 5.74) is 1.77. The van der Waals surface area contributed by atoms with Crippen LogP contribution >= 0.6 is 39.1 Å². The number of nitrogens with one attached hydrogen (secondary N) is 1. The molecule has 2 nitrogen and oxygen atoms in total. The topological polar surface area (TPSA) is 24.9 Å². The third-order valence-corrected chi connectivity index (χ3v) is 3.22. The van der Waals surface area contributed by atoms with Gasteiger partial charge in [0.15, 0.2) is 0 Å². The Bertz CT molecular complexity index is 558. The number of anilines is 2. The lowest BCUT2D eigenvalue weighted by atomic mass is 10.2. The number of aryl methyl sites for hydroxylation is 1. The van der Waals surface area contributed by atoms with Gasteiger partial charge in [-0.3, -0.25) is 0 Å². The molecule has 0 bridgehead atoms. The maximum absolute atomic E-state index is 6.07. The van der Waals surface area contributed by atoms with Crippen LogP contribution in [-0.2, 0) is 0 Å². The van der Waals surface area contributed by atoms with Gasteiger partial charge in [0, 0.05) is 15.7 Å². The van der Waals surface area contributed by atoms with E-state index in [9.17, 15) is 0 Å². The van der Waals surface area contributed by atoms with Crippen LogP contribution in [0.3, 0.4) is 0 Å². The molecule has 1 aromatic heterocycles. The highest BCUT2D eigenvalue weighted by atomic mass is 79.9. The summed E-state index contributed by atoms with van der Waals surface area (Å²) in [6.07, 6.45) is 1.73. The molecule has 17 heavy (non-hydrogen) atoms. The van der Waals surface area contributed by atoms with Gasteiger partial charge in [-0.05, 0) is 52.7 Å². The van der Waals surface area contributed by atoms with Crippen molar-refractivity contribution in [3.63, 3.8) is 0 Å². The molecule has 0 spiro atoms. The summed E-state index contributed by atoms with van der Waals surface area (Å²) in [6, 6.07) is 7.25. The van der Waals surface area contributed by atoms with Gasteiger partial charge in [-0.1, -0.05) is 23.2 Å². The van der Waals surface area contributed by atoms with Crippen molar-refractivity contribution in [1.29, 1.82) is 0 Å². The Balaban J connectivity index is 2.34. The summed E-state index contributed by atoms with van der Waals surface area (Å²) in [7, 11) is 0. The van der Waals surface area contributed by atoms with E-state index >= 15 is 0 Å². The summed E-state index contributed by atoms with van der Waals surface area (Å²) in [6.45, 7) is 1.97. The Morgan fingerprint density at radius 2 is 2.00 bits per heavy atom. The van der Waals surface area contributed by atoms with E-state index in [1.54, 1.807) is 24.4 Å². The van der Waals surface area contributed by atoms with Crippen LogP contribution in [0.1, 0.15) is 5.56 Å². The van der Waals surface area contributed by atoms with Gasteiger partial charge in [0.05, 0.1) is 10.7 Å². The maximum Gasteiger partial charge on any atom is 0.133 e. The first-order valence-corrected chi connectivity index (χ1v) is 6.45. The number of hydrogen-bond donors (Lipinski definition) is 1. The molecule has 0 aliphatic carbocycles. The molecule has 0 radical (unpaired) electrons. The highest BCUT2D eigenvalue weighted by molar-refractivity contribution is 9.10. The van der Waals surface area contributed by atoms with Gasteiger partial charge in [0.1, 0.15) is 5.82 Å². The third-order valence-electron chi connectivity index (χ3n) is 2.23. The minimum atomic E-state index is 0.610. The van der Waals surface area contributed by atoms with E-state index in [2.05, 4.69) is 26.2 Å². The number of benzene rings is 1. The highest BCUT2D eigenvalue weighted by Crippen LogP contribution is 2.29. The Kier molecular flexibility index (Phi) is 3.92. The van der Waals surface area contributed by atoms with E-state index in [0.29, 0.717) is 10.0 Å². The molecule has 0 fully saturated rings. The van der Waals surface area contributed by atoms with Crippen molar-refractivity contribution in [2.45, 2.75) is 6.92 Å². The molecule has 0 aliphatic rings. The minimum absolute atomic E-state index is 0.610. The fourth-order valence-electron chi connectivity index (χ4n) is 1.39. The zero-order valence-electron chi connectivity index (χ0n) is 8.97.